The number of carbonyl (C=O) groups is 1. The standard InChI is InChI=1S/C24H21ClF6N2O/c1-2-9-33(15-20-7-5-10-32(20)14-16-6-3-4-8-21(16)25)22(34)17-11-18(23(26,27)28)13-19(12-17)24(29,30)31/h3-8,10-13H,2,9,14-15H2,1H3. The number of carbonyl (C=O) groups excluding carboxylic acids is 1. The second kappa shape index (κ2) is 10.1. The van der Waals surface area contributed by atoms with Gasteiger partial charge in [-0.15, -0.1) is 0 Å². The van der Waals surface area contributed by atoms with E-state index in [9.17, 15) is 31.1 Å². The Hall–Kier alpha value is -2.94. The molecule has 0 bridgehead atoms. The quantitative estimate of drug-likeness (QED) is 0.312. The Morgan fingerprint density at radius 3 is 2.12 bits per heavy atom. The van der Waals surface area contributed by atoms with Crippen LogP contribution in [0.2, 0.25) is 5.02 Å². The van der Waals surface area contributed by atoms with E-state index in [0.717, 1.165) is 5.56 Å². The molecule has 0 saturated heterocycles. The van der Waals surface area contributed by atoms with E-state index in [1.54, 1.807) is 37.4 Å². The molecule has 34 heavy (non-hydrogen) atoms. The molecule has 0 aliphatic heterocycles. The molecule has 3 nitrogen and oxygen atoms in total. The highest BCUT2D eigenvalue weighted by molar-refractivity contribution is 6.31. The Kier molecular flexibility index (Phi) is 7.65. The zero-order valence-electron chi connectivity index (χ0n) is 18.1. The van der Waals surface area contributed by atoms with Gasteiger partial charge in [0.2, 0.25) is 0 Å². The SMILES string of the molecule is CCCN(Cc1cccn1Cc1ccccc1Cl)C(=O)c1cc(C(F)(F)F)cc(C(F)(F)F)c1. The number of rotatable bonds is 7. The minimum Gasteiger partial charge on any atom is -0.345 e. The van der Waals surface area contributed by atoms with Gasteiger partial charge in [0.05, 0.1) is 17.7 Å². The number of amides is 1. The van der Waals surface area contributed by atoms with Crippen LogP contribution in [0, 0.1) is 0 Å². The van der Waals surface area contributed by atoms with Crippen molar-refractivity contribution in [2.24, 2.45) is 0 Å². The predicted molar refractivity (Wildman–Crippen MR) is 116 cm³/mol. The fourth-order valence-corrected chi connectivity index (χ4v) is 3.73. The van der Waals surface area contributed by atoms with Crippen LogP contribution in [0.3, 0.4) is 0 Å². The minimum atomic E-state index is -5.03. The summed E-state index contributed by atoms with van der Waals surface area (Å²) in [5.74, 6) is -0.913. The summed E-state index contributed by atoms with van der Waals surface area (Å²) in [4.78, 5) is 14.3. The molecular formula is C24H21ClF6N2O. The Morgan fingerprint density at radius 2 is 1.56 bits per heavy atom. The molecule has 0 spiro atoms. The zero-order chi connectivity index (χ0) is 25.1. The van der Waals surface area contributed by atoms with Crippen LogP contribution in [-0.4, -0.2) is 21.9 Å². The molecule has 0 unspecified atom stereocenters. The van der Waals surface area contributed by atoms with Crippen LogP contribution in [0.15, 0.2) is 60.8 Å². The van der Waals surface area contributed by atoms with Gasteiger partial charge in [-0.3, -0.25) is 4.79 Å². The molecule has 1 aromatic heterocycles. The van der Waals surface area contributed by atoms with Crippen molar-refractivity contribution in [3.05, 3.63) is 93.8 Å². The van der Waals surface area contributed by atoms with Crippen molar-refractivity contribution >= 4 is 17.5 Å². The summed E-state index contributed by atoms with van der Waals surface area (Å²) in [6.07, 6.45) is -7.84. The smallest absolute Gasteiger partial charge is 0.345 e. The van der Waals surface area contributed by atoms with Gasteiger partial charge in [-0.25, -0.2) is 0 Å². The number of benzene rings is 2. The van der Waals surface area contributed by atoms with E-state index in [-0.39, 0.29) is 19.2 Å². The molecule has 3 aromatic rings. The molecule has 0 N–H and O–H groups in total. The van der Waals surface area contributed by atoms with Gasteiger partial charge in [0.25, 0.3) is 5.91 Å². The van der Waals surface area contributed by atoms with E-state index < -0.39 is 35.0 Å². The number of hydrogen-bond donors (Lipinski definition) is 0. The lowest BCUT2D eigenvalue weighted by atomic mass is 10.0. The van der Waals surface area contributed by atoms with Gasteiger partial charge in [-0.1, -0.05) is 36.7 Å². The maximum Gasteiger partial charge on any atom is 0.416 e. The lowest BCUT2D eigenvalue weighted by Gasteiger charge is -2.24. The van der Waals surface area contributed by atoms with Crippen LogP contribution >= 0.6 is 11.6 Å². The average molecular weight is 503 g/mol. The van der Waals surface area contributed by atoms with Crippen molar-refractivity contribution in [1.82, 2.24) is 9.47 Å². The van der Waals surface area contributed by atoms with E-state index in [2.05, 4.69) is 0 Å². The van der Waals surface area contributed by atoms with Gasteiger partial charge >= 0.3 is 12.4 Å². The summed E-state index contributed by atoms with van der Waals surface area (Å²) in [6, 6.07) is 11.6. The summed E-state index contributed by atoms with van der Waals surface area (Å²) in [7, 11) is 0. The van der Waals surface area contributed by atoms with Crippen molar-refractivity contribution in [1.29, 1.82) is 0 Å². The zero-order valence-corrected chi connectivity index (χ0v) is 18.8. The lowest BCUT2D eigenvalue weighted by molar-refractivity contribution is -0.143. The van der Waals surface area contributed by atoms with Gasteiger partial charge in [0.15, 0.2) is 0 Å². The van der Waals surface area contributed by atoms with Crippen molar-refractivity contribution in [3.63, 3.8) is 0 Å². The number of halogens is 7. The van der Waals surface area contributed by atoms with Gasteiger partial charge in [-0.2, -0.15) is 26.3 Å². The first-order valence-corrected chi connectivity index (χ1v) is 10.7. The third-order valence-electron chi connectivity index (χ3n) is 5.19. The van der Waals surface area contributed by atoms with E-state index in [1.165, 1.54) is 4.90 Å². The largest absolute Gasteiger partial charge is 0.416 e. The van der Waals surface area contributed by atoms with Gasteiger partial charge in [0, 0.05) is 35.6 Å². The predicted octanol–water partition coefficient (Wildman–Crippen LogP) is 7.28. The highest BCUT2D eigenvalue weighted by atomic mass is 35.5. The van der Waals surface area contributed by atoms with Crippen LogP contribution in [0.25, 0.3) is 0 Å². The topological polar surface area (TPSA) is 25.2 Å². The van der Waals surface area contributed by atoms with E-state index >= 15 is 0 Å². The molecular weight excluding hydrogens is 482 g/mol. The molecule has 0 aliphatic carbocycles. The fourth-order valence-electron chi connectivity index (χ4n) is 3.54. The first-order valence-electron chi connectivity index (χ1n) is 10.4. The van der Waals surface area contributed by atoms with E-state index in [4.69, 9.17) is 11.6 Å². The molecule has 0 fully saturated rings. The molecule has 1 heterocycles. The molecule has 10 heteroatoms. The van der Waals surface area contributed by atoms with Crippen molar-refractivity contribution in [2.45, 2.75) is 38.8 Å². The molecule has 0 atom stereocenters. The van der Waals surface area contributed by atoms with Crippen LogP contribution in [0.5, 0.6) is 0 Å². The summed E-state index contributed by atoms with van der Waals surface area (Å²) in [6.45, 7) is 2.30. The highest BCUT2D eigenvalue weighted by Gasteiger charge is 2.38. The van der Waals surface area contributed by atoms with E-state index in [1.807, 2.05) is 16.7 Å². The van der Waals surface area contributed by atoms with Gasteiger partial charge in [0.1, 0.15) is 0 Å². The Bertz CT molecular complexity index is 1120. The summed E-state index contributed by atoms with van der Waals surface area (Å²) in [5.41, 5.74) is -2.24. The van der Waals surface area contributed by atoms with Crippen molar-refractivity contribution < 1.29 is 31.1 Å². The third kappa shape index (κ3) is 6.14. The molecule has 3 rings (SSSR count). The first kappa shape index (κ1) is 25.7. The fraction of sp³-hybridized carbons (Fsp3) is 0.292. The maximum atomic E-state index is 13.2. The normalized spacial score (nSPS) is 12.1. The Balaban J connectivity index is 1.93. The van der Waals surface area contributed by atoms with E-state index in [0.29, 0.717) is 35.8 Å². The van der Waals surface area contributed by atoms with Crippen molar-refractivity contribution in [2.75, 3.05) is 6.54 Å². The number of hydrogen-bond acceptors (Lipinski definition) is 1. The average Bonchev–Trinajstić information content (AvgIpc) is 3.19. The van der Waals surface area contributed by atoms with Crippen LogP contribution < -0.4 is 0 Å². The third-order valence-corrected chi connectivity index (χ3v) is 5.56. The highest BCUT2D eigenvalue weighted by Crippen LogP contribution is 2.36. The number of alkyl halides is 6. The van der Waals surface area contributed by atoms with Crippen LogP contribution in [-0.2, 0) is 25.4 Å². The minimum absolute atomic E-state index is 0.00171. The Morgan fingerprint density at radius 1 is 0.941 bits per heavy atom. The first-order chi connectivity index (χ1) is 15.9. The lowest BCUT2D eigenvalue weighted by Crippen LogP contribution is -2.32. The summed E-state index contributed by atoms with van der Waals surface area (Å²) >= 11 is 6.22. The maximum absolute atomic E-state index is 13.2. The second-order valence-corrected chi connectivity index (χ2v) is 8.15. The van der Waals surface area contributed by atoms with Crippen LogP contribution in [0.1, 0.15) is 46.1 Å². The number of aromatic nitrogens is 1. The van der Waals surface area contributed by atoms with Crippen LogP contribution in [0.4, 0.5) is 26.3 Å². The molecule has 0 aliphatic rings. The number of nitrogens with zero attached hydrogens (tertiary/aromatic N) is 2. The monoisotopic (exact) mass is 502 g/mol. The Labute approximate surface area is 197 Å². The molecule has 0 radical (unpaired) electrons. The van der Waals surface area contributed by atoms with Crippen molar-refractivity contribution in [3.8, 4) is 0 Å². The van der Waals surface area contributed by atoms with Gasteiger partial charge < -0.3 is 9.47 Å². The molecule has 182 valence electrons. The molecule has 2 aromatic carbocycles. The second-order valence-electron chi connectivity index (χ2n) is 7.74. The summed E-state index contributed by atoms with van der Waals surface area (Å²) in [5, 5.41) is 0.548. The summed E-state index contributed by atoms with van der Waals surface area (Å²) < 4.78 is 81.3. The molecule has 0 saturated carbocycles. The van der Waals surface area contributed by atoms with Gasteiger partial charge in [-0.05, 0) is 48.4 Å². The molecule has 1 amide bonds.